The van der Waals surface area contributed by atoms with E-state index in [1.54, 1.807) is 24.5 Å². The van der Waals surface area contributed by atoms with Gasteiger partial charge in [-0.25, -0.2) is 0 Å². The van der Waals surface area contributed by atoms with Crippen molar-refractivity contribution in [3.63, 3.8) is 0 Å². The molecule has 0 bridgehead atoms. The van der Waals surface area contributed by atoms with Crippen molar-refractivity contribution >= 4 is 47.5 Å². The first kappa shape index (κ1) is 16.1. The summed E-state index contributed by atoms with van der Waals surface area (Å²) in [4.78, 5) is 8.73. The van der Waals surface area contributed by atoms with E-state index in [0.717, 1.165) is 11.1 Å². The molecule has 0 spiro atoms. The molecule has 0 saturated heterocycles. The minimum absolute atomic E-state index is 0.523. The Morgan fingerprint density at radius 1 is 0.682 bits per heavy atom. The van der Waals surface area contributed by atoms with Crippen molar-refractivity contribution in [2.75, 3.05) is 0 Å². The second-order valence-electron chi connectivity index (χ2n) is 4.74. The van der Waals surface area contributed by atoms with E-state index in [9.17, 15) is 0 Å². The van der Waals surface area contributed by atoms with Crippen molar-refractivity contribution < 1.29 is 0 Å². The van der Waals surface area contributed by atoms with Crippen LogP contribution >= 0.6 is 25.5 Å². The summed E-state index contributed by atoms with van der Waals surface area (Å²) < 4.78 is 1.07. The molecular formula is C16H12BiCl3N2. The number of hydrogen-bond acceptors (Lipinski definition) is 2. The van der Waals surface area contributed by atoms with Gasteiger partial charge in [0.25, 0.3) is 0 Å². The van der Waals surface area contributed by atoms with Crippen LogP contribution in [-0.2, 0) is 0 Å². The summed E-state index contributed by atoms with van der Waals surface area (Å²) in [6, 6.07) is 19.0. The first-order valence-corrected chi connectivity index (χ1v) is 22.9. The van der Waals surface area contributed by atoms with Crippen LogP contribution < -0.4 is 6.80 Å². The molecule has 3 rings (SSSR count). The fraction of sp³-hybridized carbons (Fsp3) is 0. The van der Waals surface area contributed by atoms with Crippen LogP contribution in [0, 0.1) is 0 Å². The summed E-state index contributed by atoms with van der Waals surface area (Å²) in [6.07, 6.45) is 3.30. The number of rotatable bonds is 3. The number of pyridine rings is 2. The first-order valence-electron chi connectivity index (χ1n) is 6.57. The van der Waals surface area contributed by atoms with Crippen molar-refractivity contribution in [1.29, 1.82) is 0 Å². The van der Waals surface area contributed by atoms with Crippen LogP contribution in [0.4, 0.5) is 0 Å². The van der Waals surface area contributed by atoms with Gasteiger partial charge < -0.3 is 0 Å². The Kier molecular flexibility index (Phi) is 4.44. The Morgan fingerprint density at radius 3 is 2.05 bits per heavy atom. The van der Waals surface area contributed by atoms with Crippen LogP contribution in [0.15, 0.2) is 73.1 Å². The zero-order valence-electron chi connectivity index (χ0n) is 11.4. The summed E-state index contributed by atoms with van der Waals surface area (Å²) >= 11 is -5.06. The molecule has 0 amide bonds. The fourth-order valence-electron chi connectivity index (χ4n) is 2.21. The normalized spacial score (nSPS) is 13.3. The van der Waals surface area contributed by atoms with Crippen LogP contribution in [0.5, 0.6) is 0 Å². The van der Waals surface area contributed by atoms with Crippen molar-refractivity contribution in [3.8, 4) is 11.1 Å². The Bertz CT molecular complexity index is 786. The van der Waals surface area contributed by atoms with Crippen LogP contribution in [0.2, 0.25) is 0 Å². The standard InChI is InChI=1S/C11H8N.C5H4N.Bi.3ClH/c1-2-5-10(6-3-1)11-7-4-8-12-9-11;1-2-4-6-5-3-1;;;;/h1-8H;1-4H;;3*1H/q;;+3;;;/p-3. The molecule has 6 heteroatoms. The van der Waals surface area contributed by atoms with Gasteiger partial charge in [0.1, 0.15) is 0 Å². The Morgan fingerprint density at radius 2 is 1.36 bits per heavy atom. The molecule has 0 N–H and O–H groups in total. The van der Waals surface area contributed by atoms with Gasteiger partial charge in [-0.2, -0.15) is 0 Å². The predicted molar refractivity (Wildman–Crippen MR) is 96.5 cm³/mol. The molecule has 0 aliphatic carbocycles. The van der Waals surface area contributed by atoms with Crippen LogP contribution in [0.3, 0.4) is 0 Å². The van der Waals surface area contributed by atoms with E-state index < -0.39 is 15.2 Å². The van der Waals surface area contributed by atoms with Gasteiger partial charge in [0, 0.05) is 0 Å². The molecule has 0 saturated carbocycles. The number of hydrogen-bond donors (Lipinski definition) is 0. The first-order chi connectivity index (χ1) is 10.5. The number of nitrogens with zero attached hydrogens (tertiary/aromatic N) is 2. The van der Waals surface area contributed by atoms with Gasteiger partial charge in [-0.15, -0.1) is 0 Å². The van der Waals surface area contributed by atoms with Gasteiger partial charge in [0.15, 0.2) is 0 Å². The minimum atomic E-state index is -5.06. The van der Waals surface area contributed by atoms with Crippen molar-refractivity contribution in [3.05, 3.63) is 73.1 Å². The van der Waals surface area contributed by atoms with Gasteiger partial charge >= 0.3 is 142 Å². The summed E-state index contributed by atoms with van der Waals surface area (Å²) in [5, 5.41) is 0. The average molecular weight is 548 g/mol. The number of aromatic nitrogens is 2. The van der Waals surface area contributed by atoms with E-state index in [-0.39, 0.29) is 0 Å². The topological polar surface area (TPSA) is 25.8 Å². The van der Waals surface area contributed by atoms with E-state index >= 15 is 0 Å². The molecule has 0 radical (unpaired) electrons. The monoisotopic (exact) mass is 546 g/mol. The maximum absolute atomic E-state index is 6.82. The molecular weight excluding hydrogens is 536 g/mol. The number of halogens is 3. The summed E-state index contributed by atoms with van der Waals surface area (Å²) in [6.45, 7) is 0. The van der Waals surface area contributed by atoms with E-state index in [1.807, 2.05) is 48.5 Å². The second-order valence-corrected chi connectivity index (χ2v) is 36.8. The van der Waals surface area contributed by atoms with Crippen molar-refractivity contribution in [1.82, 2.24) is 9.97 Å². The average Bonchev–Trinajstić information content (AvgIpc) is 2.56. The summed E-state index contributed by atoms with van der Waals surface area (Å²) in [5.41, 5.74) is 1.83. The van der Waals surface area contributed by atoms with E-state index in [2.05, 4.69) is 9.97 Å². The SMILES string of the molecule is [Cl][Bi]([Cl])([Cl])([c]1ccccn1)[c]1ncccc1-c1ccccc1. The molecule has 3 aromatic rings. The van der Waals surface area contributed by atoms with Gasteiger partial charge in [-0.3, -0.25) is 0 Å². The summed E-state index contributed by atoms with van der Waals surface area (Å²) in [5.74, 6) is 0. The third kappa shape index (κ3) is 3.01. The second kappa shape index (κ2) is 6.05. The third-order valence-corrected chi connectivity index (χ3v) is 20.0. The van der Waals surface area contributed by atoms with Gasteiger partial charge in [0.2, 0.25) is 0 Å². The fourth-order valence-corrected chi connectivity index (χ4v) is 14.8. The Hall–Kier alpha value is -0.727. The van der Waals surface area contributed by atoms with E-state index in [4.69, 9.17) is 25.5 Å². The van der Waals surface area contributed by atoms with Gasteiger partial charge in [0.05, 0.1) is 0 Å². The molecule has 0 aliphatic rings. The molecule has 1 aromatic carbocycles. The van der Waals surface area contributed by atoms with Crippen molar-refractivity contribution in [2.45, 2.75) is 0 Å². The molecule has 0 aliphatic heterocycles. The quantitative estimate of drug-likeness (QED) is 0.466. The Labute approximate surface area is 140 Å². The van der Waals surface area contributed by atoms with E-state index in [1.165, 1.54) is 0 Å². The zero-order chi connectivity index (χ0) is 15.7. The van der Waals surface area contributed by atoms with Crippen LogP contribution in [-0.4, -0.2) is 25.2 Å². The molecule has 0 unspecified atom stereocenters. The van der Waals surface area contributed by atoms with Crippen LogP contribution in [0.25, 0.3) is 11.1 Å². The van der Waals surface area contributed by atoms with E-state index in [0.29, 0.717) is 6.80 Å². The van der Waals surface area contributed by atoms with Gasteiger partial charge in [-0.1, -0.05) is 0 Å². The zero-order valence-corrected chi connectivity index (χ0v) is 17.1. The predicted octanol–water partition coefficient (Wildman–Crippen LogP) is 3.87. The van der Waals surface area contributed by atoms with Gasteiger partial charge in [-0.05, 0) is 0 Å². The summed E-state index contributed by atoms with van der Waals surface area (Å²) in [7, 11) is 20.5. The molecule has 0 atom stereocenters. The van der Waals surface area contributed by atoms with Crippen LogP contribution in [0.1, 0.15) is 0 Å². The molecule has 0 fully saturated rings. The molecule has 2 aromatic heterocycles. The molecule has 2 nitrogen and oxygen atoms in total. The maximum atomic E-state index is 6.82. The molecule has 22 heavy (non-hydrogen) atoms. The Balaban J connectivity index is 2.25. The number of benzene rings is 1. The third-order valence-electron chi connectivity index (χ3n) is 3.24. The molecule has 2 heterocycles. The van der Waals surface area contributed by atoms with Crippen molar-refractivity contribution in [2.24, 2.45) is 0 Å². The molecule has 112 valence electrons.